The molecule has 0 amide bonds. The smallest absolute Gasteiger partial charge is 0.0899 e. The van der Waals surface area contributed by atoms with Gasteiger partial charge < -0.3 is 5.11 Å². The Hall–Kier alpha value is -0.820. The van der Waals surface area contributed by atoms with Crippen molar-refractivity contribution in [3.63, 3.8) is 0 Å². The van der Waals surface area contributed by atoms with Crippen molar-refractivity contribution < 1.29 is 5.11 Å². The van der Waals surface area contributed by atoms with Gasteiger partial charge in [0.05, 0.1) is 5.60 Å². The van der Waals surface area contributed by atoms with Crippen LogP contribution in [0.5, 0.6) is 0 Å². The van der Waals surface area contributed by atoms with Gasteiger partial charge in [-0.1, -0.05) is 18.2 Å². The second kappa shape index (κ2) is 3.09. The molecule has 0 bridgehead atoms. The second-order valence-electron chi connectivity index (χ2n) is 4.67. The van der Waals surface area contributed by atoms with Crippen molar-refractivity contribution in [3.8, 4) is 0 Å². The molecular formula is C13H18O. The quantitative estimate of drug-likeness (QED) is 0.760. The van der Waals surface area contributed by atoms with E-state index >= 15 is 0 Å². The van der Waals surface area contributed by atoms with Crippen molar-refractivity contribution in [2.24, 2.45) is 5.92 Å². The van der Waals surface area contributed by atoms with Gasteiger partial charge in [-0.25, -0.2) is 0 Å². The highest BCUT2D eigenvalue weighted by Crippen LogP contribution is 2.46. The predicted octanol–water partition coefficient (Wildman–Crippen LogP) is 2.92. The van der Waals surface area contributed by atoms with E-state index in [4.69, 9.17) is 0 Å². The maximum atomic E-state index is 10.4. The standard InChI is InChI=1S/C13H18O/c1-9-5-4-6-12(10(9)2)13(3,14)11-7-8-11/h4-6,11,14H,7-8H2,1-3H3/t13-/m1/s1. The Kier molecular flexibility index (Phi) is 2.15. The number of aliphatic hydroxyl groups is 1. The molecular weight excluding hydrogens is 172 g/mol. The number of aryl methyl sites for hydroxylation is 1. The summed E-state index contributed by atoms with van der Waals surface area (Å²) in [7, 11) is 0. The van der Waals surface area contributed by atoms with Crippen LogP contribution < -0.4 is 0 Å². The fourth-order valence-corrected chi connectivity index (χ4v) is 2.16. The van der Waals surface area contributed by atoms with Gasteiger partial charge in [0.1, 0.15) is 0 Å². The highest BCUT2D eigenvalue weighted by Gasteiger charge is 2.41. The molecule has 0 aromatic heterocycles. The van der Waals surface area contributed by atoms with Crippen molar-refractivity contribution in [1.82, 2.24) is 0 Å². The zero-order valence-electron chi connectivity index (χ0n) is 9.17. The molecule has 76 valence electrons. The highest BCUT2D eigenvalue weighted by atomic mass is 16.3. The first-order chi connectivity index (χ1) is 6.53. The van der Waals surface area contributed by atoms with E-state index in [0.717, 1.165) is 5.56 Å². The Bertz CT molecular complexity index is 348. The molecule has 1 fully saturated rings. The summed E-state index contributed by atoms with van der Waals surface area (Å²) in [6.45, 7) is 6.15. The minimum absolute atomic E-state index is 0.475. The Morgan fingerprint density at radius 3 is 2.50 bits per heavy atom. The molecule has 0 unspecified atom stereocenters. The van der Waals surface area contributed by atoms with Crippen molar-refractivity contribution in [3.05, 3.63) is 34.9 Å². The number of hydrogen-bond acceptors (Lipinski definition) is 1. The van der Waals surface area contributed by atoms with Crippen LogP contribution in [0.3, 0.4) is 0 Å². The molecule has 1 aromatic rings. The van der Waals surface area contributed by atoms with Gasteiger partial charge in [-0.2, -0.15) is 0 Å². The van der Waals surface area contributed by atoms with Crippen LogP contribution in [0, 0.1) is 19.8 Å². The molecule has 1 N–H and O–H groups in total. The topological polar surface area (TPSA) is 20.2 Å². The SMILES string of the molecule is Cc1cccc([C@](C)(O)C2CC2)c1C. The molecule has 1 atom stereocenters. The van der Waals surface area contributed by atoms with E-state index in [9.17, 15) is 5.11 Å². The van der Waals surface area contributed by atoms with Gasteiger partial charge in [-0.15, -0.1) is 0 Å². The van der Waals surface area contributed by atoms with Crippen LogP contribution in [0.15, 0.2) is 18.2 Å². The third-order valence-corrected chi connectivity index (χ3v) is 3.52. The van der Waals surface area contributed by atoms with Crippen LogP contribution >= 0.6 is 0 Å². The van der Waals surface area contributed by atoms with Gasteiger partial charge in [-0.3, -0.25) is 0 Å². The van der Waals surface area contributed by atoms with E-state index in [1.807, 2.05) is 13.0 Å². The van der Waals surface area contributed by atoms with Crippen LogP contribution in [-0.4, -0.2) is 5.11 Å². The van der Waals surface area contributed by atoms with Gasteiger partial charge in [0, 0.05) is 0 Å². The summed E-state index contributed by atoms with van der Waals surface area (Å²) in [6, 6.07) is 6.19. The minimum Gasteiger partial charge on any atom is -0.385 e. The van der Waals surface area contributed by atoms with Gasteiger partial charge in [0.2, 0.25) is 0 Å². The summed E-state index contributed by atoms with van der Waals surface area (Å²) in [6.07, 6.45) is 2.33. The first-order valence-electron chi connectivity index (χ1n) is 5.32. The molecule has 1 saturated carbocycles. The molecule has 1 nitrogen and oxygen atoms in total. The summed E-state index contributed by atoms with van der Waals surface area (Å²) in [5.74, 6) is 0.475. The van der Waals surface area contributed by atoms with E-state index in [1.54, 1.807) is 0 Å². The van der Waals surface area contributed by atoms with Crippen LogP contribution in [0.2, 0.25) is 0 Å². The highest BCUT2D eigenvalue weighted by molar-refractivity contribution is 5.37. The Morgan fingerprint density at radius 2 is 1.93 bits per heavy atom. The largest absolute Gasteiger partial charge is 0.385 e. The summed E-state index contributed by atoms with van der Waals surface area (Å²) in [5, 5.41) is 10.4. The van der Waals surface area contributed by atoms with Crippen LogP contribution in [0.25, 0.3) is 0 Å². The number of hydrogen-bond donors (Lipinski definition) is 1. The third-order valence-electron chi connectivity index (χ3n) is 3.52. The van der Waals surface area contributed by atoms with E-state index in [-0.39, 0.29) is 0 Å². The molecule has 1 heteroatoms. The maximum absolute atomic E-state index is 10.4. The van der Waals surface area contributed by atoms with E-state index < -0.39 is 5.60 Å². The zero-order chi connectivity index (χ0) is 10.3. The summed E-state index contributed by atoms with van der Waals surface area (Å²) in [5.41, 5.74) is 3.00. The fourth-order valence-electron chi connectivity index (χ4n) is 2.16. The predicted molar refractivity (Wildman–Crippen MR) is 58.2 cm³/mol. The summed E-state index contributed by atoms with van der Waals surface area (Å²) in [4.78, 5) is 0. The molecule has 1 aliphatic rings. The molecule has 1 aromatic carbocycles. The lowest BCUT2D eigenvalue weighted by Crippen LogP contribution is -2.25. The summed E-state index contributed by atoms with van der Waals surface area (Å²) < 4.78 is 0. The molecule has 0 heterocycles. The monoisotopic (exact) mass is 190 g/mol. The van der Waals surface area contributed by atoms with Gasteiger partial charge in [0.25, 0.3) is 0 Å². The average Bonchev–Trinajstić information content (AvgIpc) is 2.92. The second-order valence-corrected chi connectivity index (χ2v) is 4.67. The third kappa shape index (κ3) is 1.46. The molecule has 0 spiro atoms. The number of rotatable bonds is 2. The van der Waals surface area contributed by atoms with E-state index in [2.05, 4.69) is 26.0 Å². The molecule has 0 aliphatic heterocycles. The lowest BCUT2D eigenvalue weighted by molar-refractivity contribution is 0.0324. The van der Waals surface area contributed by atoms with Crippen molar-refractivity contribution in [2.45, 2.75) is 39.2 Å². The minimum atomic E-state index is -0.615. The Balaban J connectivity index is 2.44. The molecule has 0 radical (unpaired) electrons. The van der Waals surface area contributed by atoms with Gasteiger partial charge in [0.15, 0.2) is 0 Å². The first-order valence-corrected chi connectivity index (χ1v) is 5.32. The maximum Gasteiger partial charge on any atom is 0.0899 e. The van der Waals surface area contributed by atoms with Crippen LogP contribution in [0.4, 0.5) is 0 Å². The van der Waals surface area contributed by atoms with Crippen LogP contribution in [-0.2, 0) is 5.60 Å². The van der Waals surface area contributed by atoms with E-state index in [0.29, 0.717) is 5.92 Å². The van der Waals surface area contributed by atoms with Crippen molar-refractivity contribution in [2.75, 3.05) is 0 Å². The first kappa shape index (κ1) is 9.72. The molecule has 1 aliphatic carbocycles. The normalized spacial score (nSPS) is 20.6. The van der Waals surface area contributed by atoms with Gasteiger partial charge >= 0.3 is 0 Å². The van der Waals surface area contributed by atoms with Gasteiger partial charge in [-0.05, 0) is 56.2 Å². The van der Waals surface area contributed by atoms with Crippen LogP contribution in [0.1, 0.15) is 36.5 Å². The fraction of sp³-hybridized carbons (Fsp3) is 0.538. The Labute approximate surface area is 85.8 Å². The molecule has 14 heavy (non-hydrogen) atoms. The average molecular weight is 190 g/mol. The zero-order valence-corrected chi connectivity index (χ0v) is 9.17. The Morgan fingerprint density at radius 1 is 1.29 bits per heavy atom. The molecule has 2 rings (SSSR count). The van der Waals surface area contributed by atoms with Crippen molar-refractivity contribution >= 4 is 0 Å². The lowest BCUT2D eigenvalue weighted by Gasteiger charge is -2.26. The van der Waals surface area contributed by atoms with E-state index in [1.165, 1.54) is 24.0 Å². The van der Waals surface area contributed by atoms with Crippen molar-refractivity contribution in [1.29, 1.82) is 0 Å². The molecule has 0 saturated heterocycles. The summed E-state index contributed by atoms with van der Waals surface area (Å²) >= 11 is 0. The number of benzene rings is 1. The lowest BCUT2D eigenvalue weighted by atomic mass is 9.86.